The molecule has 1 aliphatic rings. The summed E-state index contributed by atoms with van der Waals surface area (Å²) in [4.78, 5) is 8.75. The fraction of sp³-hybridized carbons (Fsp3) is 0.318. The summed E-state index contributed by atoms with van der Waals surface area (Å²) in [5.41, 5.74) is 2.61. The Morgan fingerprint density at radius 1 is 1.30 bits per heavy atom. The Bertz CT molecular complexity index is 1250. The van der Waals surface area contributed by atoms with Crippen molar-refractivity contribution in [2.24, 2.45) is 5.92 Å². The van der Waals surface area contributed by atoms with Gasteiger partial charge in [-0.1, -0.05) is 6.92 Å². The molecule has 3 aromatic rings. The summed E-state index contributed by atoms with van der Waals surface area (Å²) in [6.07, 6.45) is 3.92. The van der Waals surface area contributed by atoms with Crippen LogP contribution >= 0.6 is 0 Å². The minimum atomic E-state index is -2.41. The van der Waals surface area contributed by atoms with Crippen molar-refractivity contribution in [2.75, 3.05) is 16.3 Å². The number of anilines is 3. The number of fused-ring (bicyclic) bond motifs is 1. The molecule has 0 bridgehead atoms. The van der Waals surface area contributed by atoms with Crippen LogP contribution in [0.25, 0.3) is 10.9 Å². The Hall–Kier alpha value is -2.87. The minimum absolute atomic E-state index is 0.282. The maximum Gasteiger partial charge on any atom is 0.146 e. The maximum absolute atomic E-state index is 13.9. The topological polar surface area (TPSA) is 76.1 Å². The standard InChI is InChI=1S/C22H25FN4O2S/c1-13-8-16(27-30(4,5)28)10-18-20(13)21(25-12-24-18)26-17-7-6-15(23)9-19(17)29-22(3)11-14(22)2/h6-10,12,14H,4,11H2,1-3,5H3,(H,27,28)(H,24,25,26). The minimum Gasteiger partial charge on any atom is -0.485 e. The highest BCUT2D eigenvalue weighted by molar-refractivity contribution is 8.00. The average molecular weight is 429 g/mol. The van der Waals surface area contributed by atoms with Gasteiger partial charge in [0.1, 0.15) is 29.3 Å². The lowest BCUT2D eigenvalue weighted by Gasteiger charge is -2.19. The van der Waals surface area contributed by atoms with E-state index in [1.807, 2.05) is 19.9 Å². The highest BCUT2D eigenvalue weighted by Gasteiger charge is 2.49. The predicted molar refractivity (Wildman–Crippen MR) is 122 cm³/mol. The van der Waals surface area contributed by atoms with E-state index in [-0.39, 0.29) is 11.4 Å². The second-order valence-electron chi connectivity index (χ2n) is 8.30. The molecule has 158 valence electrons. The molecule has 1 aromatic heterocycles. The van der Waals surface area contributed by atoms with E-state index in [1.54, 1.807) is 12.1 Å². The van der Waals surface area contributed by atoms with Gasteiger partial charge < -0.3 is 14.8 Å². The maximum atomic E-state index is 13.9. The van der Waals surface area contributed by atoms with Gasteiger partial charge in [-0.2, -0.15) is 0 Å². The van der Waals surface area contributed by atoms with Crippen LogP contribution in [0.4, 0.5) is 21.6 Å². The van der Waals surface area contributed by atoms with Gasteiger partial charge in [0, 0.05) is 33.1 Å². The highest BCUT2D eigenvalue weighted by Crippen LogP contribution is 2.48. The first kappa shape index (κ1) is 20.4. The molecule has 0 spiro atoms. The predicted octanol–water partition coefficient (Wildman–Crippen LogP) is 4.67. The smallest absolute Gasteiger partial charge is 0.146 e. The van der Waals surface area contributed by atoms with E-state index in [0.29, 0.717) is 34.4 Å². The first-order valence-electron chi connectivity index (χ1n) is 9.65. The summed E-state index contributed by atoms with van der Waals surface area (Å²) >= 11 is 0. The zero-order valence-corrected chi connectivity index (χ0v) is 18.3. The molecular weight excluding hydrogens is 403 g/mol. The van der Waals surface area contributed by atoms with Gasteiger partial charge >= 0.3 is 0 Å². The van der Waals surface area contributed by atoms with Gasteiger partial charge in [0.2, 0.25) is 0 Å². The van der Waals surface area contributed by atoms with E-state index >= 15 is 0 Å². The Morgan fingerprint density at radius 2 is 2.03 bits per heavy atom. The molecular formula is C22H25FN4O2S. The van der Waals surface area contributed by atoms with E-state index in [9.17, 15) is 8.60 Å². The molecule has 3 unspecified atom stereocenters. The van der Waals surface area contributed by atoms with Crippen LogP contribution in [0.1, 0.15) is 25.8 Å². The van der Waals surface area contributed by atoms with Crippen LogP contribution in [0.5, 0.6) is 5.75 Å². The molecule has 8 heteroatoms. The fourth-order valence-electron chi connectivity index (χ4n) is 3.55. The first-order valence-corrected chi connectivity index (χ1v) is 11.8. The van der Waals surface area contributed by atoms with E-state index in [0.717, 1.165) is 17.4 Å². The summed E-state index contributed by atoms with van der Waals surface area (Å²) in [6.45, 7) is 6.07. The third-order valence-electron chi connectivity index (χ3n) is 5.40. The normalized spacial score (nSPS) is 22.4. The van der Waals surface area contributed by atoms with E-state index in [1.165, 1.54) is 24.7 Å². The number of nitrogens with one attached hydrogen (secondary N) is 2. The second kappa shape index (κ2) is 7.12. The van der Waals surface area contributed by atoms with Crippen LogP contribution in [-0.4, -0.2) is 31.9 Å². The monoisotopic (exact) mass is 428 g/mol. The number of hydrogen-bond donors (Lipinski definition) is 2. The van der Waals surface area contributed by atoms with Crippen LogP contribution in [0.2, 0.25) is 0 Å². The molecule has 1 aliphatic carbocycles. The Labute approximate surface area is 176 Å². The molecule has 3 atom stereocenters. The van der Waals surface area contributed by atoms with Crippen LogP contribution < -0.4 is 14.8 Å². The number of aryl methyl sites for hydroxylation is 1. The lowest BCUT2D eigenvalue weighted by Crippen LogP contribution is -2.16. The fourth-order valence-corrected chi connectivity index (χ4v) is 4.17. The summed E-state index contributed by atoms with van der Waals surface area (Å²) in [5.74, 6) is 4.73. The molecule has 30 heavy (non-hydrogen) atoms. The molecule has 0 amide bonds. The summed E-state index contributed by atoms with van der Waals surface area (Å²) in [7, 11) is -2.41. The molecule has 2 N–H and O–H groups in total. The van der Waals surface area contributed by atoms with Gasteiger partial charge in [0.05, 0.1) is 11.2 Å². The summed E-state index contributed by atoms with van der Waals surface area (Å²) in [5, 5.41) is 4.10. The molecule has 0 aliphatic heterocycles. The second-order valence-corrected chi connectivity index (χ2v) is 10.5. The van der Waals surface area contributed by atoms with Crippen molar-refractivity contribution in [1.82, 2.24) is 9.97 Å². The molecule has 1 heterocycles. The molecule has 6 nitrogen and oxygen atoms in total. The van der Waals surface area contributed by atoms with E-state index < -0.39 is 9.71 Å². The highest BCUT2D eigenvalue weighted by atomic mass is 32.2. The van der Waals surface area contributed by atoms with Crippen LogP contribution in [0.3, 0.4) is 0 Å². The Kier molecular flexibility index (Phi) is 4.85. The first-order chi connectivity index (χ1) is 14.0. The third-order valence-corrected chi connectivity index (χ3v) is 6.07. The van der Waals surface area contributed by atoms with Crippen LogP contribution in [0, 0.1) is 18.7 Å². The number of rotatable bonds is 6. The average Bonchev–Trinajstić information content (AvgIpc) is 3.21. The van der Waals surface area contributed by atoms with Crippen molar-refractivity contribution < 1.29 is 13.3 Å². The van der Waals surface area contributed by atoms with Gasteiger partial charge in [-0.25, -0.2) is 18.6 Å². The van der Waals surface area contributed by atoms with Gasteiger partial charge in [-0.3, -0.25) is 0 Å². The molecule has 1 fully saturated rings. The van der Waals surface area contributed by atoms with E-state index in [4.69, 9.17) is 4.74 Å². The number of aromatic nitrogens is 2. The van der Waals surface area contributed by atoms with Crippen molar-refractivity contribution >= 4 is 43.7 Å². The zero-order chi connectivity index (χ0) is 21.7. The number of halogens is 1. The van der Waals surface area contributed by atoms with Gasteiger partial charge in [0.15, 0.2) is 0 Å². The molecule has 2 aromatic carbocycles. The Balaban J connectivity index is 1.73. The van der Waals surface area contributed by atoms with Gasteiger partial charge in [-0.05, 0) is 61.9 Å². The van der Waals surface area contributed by atoms with Crippen molar-refractivity contribution in [2.45, 2.75) is 32.8 Å². The zero-order valence-electron chi connectivity index (χ0n) is 17.5. The number of nitrogens with zero attached hydrogens (tertiary/aromatic N) is 2. The molecule has 0 saturated heterocycles. The third kappa shape index (κ3) is 4.18. The summed E-state index contributed by atoms with van der Waals surface area (Å²) in [6, 6.07) is 8.11. The Morgan fingerprint density at radius 3 is 2.70 bits per heavy atom. The molecule has 0 radical (unpaired) electrons. The molecule has 4 rings (SSSR count). The van der Waals surface area contributed by atoms with E-state index in [2.05, 4.69) is 32.8 Å². The number of benzene rings is 2. The SMILES string of the molecule is C=S(C)(=O)Nc1cc(C)c2c(Nc3ccc(F)cc3OC3(C)CC3C)ncnc2c1. The molecule has 1 saturated carbocycles. The largest absolute Gasteiger partial charge is 0.485 e. The number of ether oxygens (including phenoxy) is 1. The van der Waals surface area contributed by atoms with Crippen LogP contribution in [0.15, 0.2) is 36.7 Å². The lowest BCUT2D eigenvalue weighted by molar-refractivity contribution is 0.184. The van der Waals surface area contributed by atoms with Gasteiger partial charge in [-0.15, -0.1) is 0 Å². The van der Waals surface area contributed by atoms with Gasteiger partial charge in [0.25, 0.3) is 0 Å². The number of hydrogen-bond acceptors (Lipinski definition) is 5. The van der Waals surface area contributed by atoms with Crippen molar-refractivity contribution in [1.29, 1.82) is 0 Å². The lowest BCUT2D eigenvalue weighted by atomic mass is 10.1. The van der Waals surface area contributed by atoms with Crippen molar-refractivity contribution in [3.05, 3.63) is 48.0 Å². The van der Waals surface area contributed by atoms with Crippen molar-refractivity contribution in [3.8, 4) is 5.75 Å². The van der Waals surface area contributed by atoms with Crippen molar-refractivity contribution in [3.63, 3.8) is 0 Å². The quantitative estimate of drug-likeness (QED) is 0.558. The van der Waals surface area contributed by atoms with Crippen LogP contribution in [-0.2, 0) is 9.71 Å². The summed E-state index contributed by atoms with van der Waals surface area (Å²) < 4.78 is 35.0.